The summed E-state index contributed by atoms with van der Waals surface area (Å²) in [6.45, 7) is 3.76. The van der Waals surface area contributed by atoms with Gasteiger partial charge < -0.3 is 19.7 Å². The molecule has 19 heteroatoms. The lowest BCUT2D eigenvalue weighted by atomic mass is 9.85. The van der Waals surface area contributed by atoms with Gasteiger partial charge in [-0.3, -0.25) is 34.0 Å². The number of ether oxygens (including phenoxy) is 2. The molecule has 2 N–H and O–H groups in total. The van der Waals surface area contributed by atoms with Crippen molar-refractivity contribution in [2.45, 2.75) is 120 Å². The normalized spacial score (nSPS) is 26.0. The highest BCUT2D eigenvalue weighted by Gasteiger charge is 2.37. The average molecular weight is 936 g/mol. The largest absolute Gasteiger partial charge is 0.375 e. The van der Waals surface area contributed by atoms with Crippen molar-refractivity contribution >= 4 is 45.8 Å². The zero-order valence-corrected chi connectivity index (χ0v) is 37.9. The number of alkyl halides is 3. The van der Waals surface area contributed by atoms with E-state index in [1.165, 1.54) is 29.8 Å². The van der Waals surface area contributed by atoms with E-state index in [2.05, 4.69) is 42.5 Å². The summed E-state index contributed by atoms with van der Waals surface area (Å²) in [5.41, 5.74) is 2.30. The van der Waals surface area contributed by atoms with Gasteiger partial charge in [0.2, 0.25) is 11.8 Å². The van der Waals surface area contributed by atoms with Crippen LogP contribution in [0.25, 0.3) is 16.6 Å². The highest BCUT2D eigenvalue weighted by molar-refractivity contribution is 6.08. The third-order valence-electron chi connectivity index (χ3n) is 14.7. The number of rotatable bonds is 13. The standard InChI is InChI=1S/C49H56F3N11O5/c50-38-27-59(18-16-40(38)68-21-2-4-31-3-1-5-35-43(36-14-15-42(64)56-48(36)65)58-63(45(31)35)33-12-13-33)25-30-8-10-32(11-9-30)62-28-39(44(57-62)46(51)52)54-49(66)37-24-53-61-19-17-41(55-47(37)61)60-20-22-67-34(26-60)23-29-6-7-29/h1,3,5,17,19,24,28-30,32-34,36,38,40,46H,6-16,18,20-23,25-27H2,(H,54,66)(H,56,64,65)/t30?,32?,34-,36?,38-,40+/m1/s1. The molecule has 68 heavy (non-hydrogen) atoms. The minimum absolute atomic E-state index is 0.0391. The molecule has 7 heterocycles. The molecule has 6 fully saturated rings. The highest BCUT2D eigenvalue weighted by atomic mass is 19.3. The second kappa shape index (κ2) is 18.9. The van der Waals surface area contributed by atoms with E-state index in [4.69, 9.17) is 19.6 Å². The lowest BCUT2D eigenvalue weighted by Crippen LogP contribution is -2.47. The third kappa shape index (κ3) is 9.46. The molecule has 358 valence electrons. The number of nitrogens with one attached hydrogen (secondary N) is 2. The molecule has 6 aliphatic rings. The van der Waals surface area contributed by atoms with Crippen LogP contribution in [0.1, 0.15) is 129 Å². The van der Waals surface area contributed by atoms with E-state index in [0.29, 0.717) is 62.2 Å². The second-order valence-electron chi connectivity index (χ2n) is 19.5. The van der Waals surface area contributed by atoms with Crippen LogP contribution in [0.5, 0.6) is 0 Å². The van der Waals surface area contributed by atoms with Crippen molar-refractivity contribution in [2.75, 3.05) is 56.2 Å². The molecular formula is C49H56F3N11O5. The molecule has 3 amide bonds. The van der Waals surface area contributed by atoms with Gasteiger partial charge in [0.25, 0.3) is 12.3 Å². The molecule has 5 aromatic rings. The van der Waals surface area contributed by atoms with Crippen molar-refractivity contribution in [3.8, 4) is 11.8 Å². The van der Waals surface area contributed by atoms with Crippen LogP contribution in [0.3, 0.4) is 0 Å². The molecule has 3 saturated heterocycles. The number of anilines is 2. The number of hydrogen-bond acceptors (Lipinski definition) is 11. The molecular weight excluding hydrogens is 880 g/mol. The number of amides is 3. The number of carbonyl (C=O) groups is 3. The number of halogens is 3. The van der Waals surface area contributed by atoms with Gasteiger partial charge in [-0.2, -0.15) is 15.3 Å². The quantitative estimate of drug-likeness (QED) is 0.0974. The predicted octanol–water partition coefficient (Wildman–Crippen LogP) is 6.54. The molecule has 1 unspecified atom stereocenters. The maximum atomic E-state index is 15.6. The van der Waals surface area contributed by atoms with Crippen LogP contribution in [0.4, 0.5) is 24.7 Å². The molecule has 3 saturated carbocycles. The van der Waals surface area contributed by atoms with Crippen molar-refractivity contribution in [1.82, 2.24) is 44.4 Å². The number of hydrogen-bond donors (Lipinski definition) is 2. The highest BCUT2D eigenvalue weighted by Crippen LogP contribution is 2.41. The van der Waals surface area contributed by atoms with Crippen LogP contribution in [0.2, 0.25) is 0 Å². The maximum absolute atomic E-state index is 15.6. The van der Waals surface area contributed by atoms with E-state index in [9.17, 15) is 23.2 Å². The molecule has 3 aliphatic carbocycles. The van der Waals surface area contributed by atoms with Crippen LogP contribution in [-0.2, 0) is 19.1 Å². The van der Waals surface area contributed by atoms with Gasteiger partial charge in [-0.15, -0.1) is 0 Å². The van der Waals surface area contributed by atoms with E-state index >= 15 is 4.39 Å². The topological polar surface area (TPSA) is 166 Å². The number of fused-ring (bicyclic) bond motifs is 2. The third-order valence-corrected chi connectivity index (χ3v) is 14.7. The summed E-state index contributed by atoms with van der Waals surface area (Å²) in [5.74, 6) is 6.42. The number of morpholine rings is 1. The summed E-state index contributed by atoms with van der Waals surface area (Å²) < 4.78 is 61.4. The van der Waals surface area contributed by atoms with E-state index in [1.54, 1.807) is 10.9 Å². The summed E-state index contributed by atoms with van der Waals surface area (Å²) >= 11 is 0. The Kier molecular flexibility index (Phi) is 12.4. The van der Waals surface area contributed by atoms with Gasteiger partial charge in [0.1, 0.15) is 24.2 Å². The van der Waals surface area contributed by atoms with E-state index in [-0.39, 0.29) is 60.8 Å². The Morgan fingerprint density at radius 3 is 2.57 bits per heavy atom. The van der Waals surface area contributed by atoms with Crippen LogP contribution in [0.15, 0.2) is 42.9 Å². The van der Waals surface area contributed by atoms with Gasteiger partial charge in [-0.25, -0.2) is 22.7 Å². The first-order valence-corrected chi connectivity index (χ1v) is 24.3. The average Bonchev–Trinajstić information content (AvgIpc) is 4.23. The zero-order chi connectivity index (χ0) is 46.5. The number of imide groups is 1. The summed E-state index contributed by atoms with van der Waals surface area (Å²) in [7, 11) is 0. The van der Waals surface area contributed by atoms with Gasteiger partial charge in [-0.05, 0) is 81.8 Å². The first kappa shape index (κ1) is 44.7. The van der Waals surface area contributed by atoms with Crippen molar-refractivity contribution in [1.29, 1.82) is 0 Å². The summed E-state index contributed by atoms with van der Waals surface area (Å²) in [6, 6.07) is 7.77. The second-order valence-corrected chi connectivity index (χ2v) is 19.5. The summed E-state index contributed by atoms with van der Waals surface area (Å²) in [4.78, 5) is 47.3. The molecule has 11 rings (SSSR count). The van der Waals surface area contributed by atoms with E-state index < -0.39 is 36.2 Å². The van der Waals surface area contributed by atoms with Crippen LogP contribution >= 0.6 is 0 Å². The SMILES string of the molecule is O=C1CCC(c2nn(C3CC3)c3c(C#CCO[C@H]4CCN(CC5CCC(n6cc(NC(=O)c7cnn8ccc(N9CCO[C@H](CC%10CC%10)C9)nc78)c(C(F)F)n6)CC5)C[C@H]4F)cccc23)C(=O)N1. The molecule has 4 atom stereocenters. The molecule has 3 aliphatic heterocycles. The Bertz CT molecular complexity index is 2760. The number of benzene rings is 1. The Hall–Kier alpha value is -5.84. The van der Waals surface area contributed by atoms with Crippen molar-refractivity contribution in [3.05, 3.63) is 65.4 Å². The predicted molar refractivity (Wildman–Crippen MR) is 244 cm³/mol. The molecule has 4 aromatic heterocycles. The number of carbonyl (C=O) groups excluding carboxylic acids is 3. The minimum Gasteiger partial charge on any atom is -0.375 e. The number of piperidine rings is 2. The Balaban J connectivity index is 0.665. The molecule has 0 radical (unpaired) electrons. The van der Waals surface area contributed by atoms with Crippen LogP contribution in [0, 0.1) is 23.7 Å². The summed E-state index contributed by atoms with van der Waals surface area (Å²) in [5, 5.41) is 19.5. The Labute approximate surface area is 391 Å². The lowest BCUT2D eigenvalue weighted by Gasteiger charge is -2.38. The molecule has 0 bridgehead atoms. The first-order valence-electron chi connectivity index (χ1n) is 24.3. The fraction of sp³-hybridized carbons (Fsp3) is 0.571. The first-order chi connectivity index (χ1) is 33.1. The van der Waals surface area contributed by atoms with Crippen molar-refractivity contribution < 1.29 is 37.0 Å². The monoisotopic (exact) mass is 935 g/mol. The van der Waals surface area contributed by atoms with E-state index in [1.807, 2.05) is 28.9 Å². The van der Waals surface area contributed by atoms with Crippen molar-refractivity contribution in [2.24, 2.45) is 11.8 Å². The van der Waals surface area contributed by atoms with Crippen LogP contribution in [-0.4, -0.2) is 121 Å². The summed E-state index contributed by atoms with van der Waals surface area (Å²) in [6.07, 6.45) is 10.0. The van der Waals surface area contributed by atoms with Gasteiger partial charge in [0.05, 0.1) is 65.5 Å². The van der Waals surface area contributed by atoms with Gasteiger partial charge in [0.15, 0.2) is 11.3 Å². The molecule has 16 nitrogen and oxygen atoms in total. The lowest BCUT2D eigenvalue weighted by molar-refractivity contribution is -0.134. The van der Waals surface area contributed by atoms with Gasteiger partial charge >= 0.3 is 0 Å². The Morgan fingerprint density at radius 2 is 1.79 bits per heavy atom. The minimum atomic E-state index is -2.89. The van der Waals surface area contributed by atoms with Gasteiger partial charge in [-0.1, -0.05) is 36.8 Å². The van der Waals surface area contributed by atoms with Gasteiger partial charge in [0, 0.05) is 56.9 Å². The number of para-hydroxylation sites is 1. The Morgan fingerprint density at radius 1 is 0.971 bits per heavy atom. The zero-order valence-electron chi connectivity index (χ0n) is 37.9. The smallest absolute Gasteiger partial charge is 0.284 e. The van der Waals surface area contributed by atoms with Crippen molar-refractivity contribution in [3.63, 3.8) is 0 Å². The van der Waals surface area contributed by atoms with Crippen LogP contribution < -0.4 is 15.5 Å². The fourth-order valence-electron chi connectivity index (χ4n) is 10.7. The fourth-order valence-corrected chi connectivity index (χ4v) is 10.7. The number of aromatic nitrogens is 7. The molecule has 1 aromatic carbocycles. The van der Waals surface area contributed by atoms with E-state index in [0.717, 1.165) is 73.9 Å². The molecule has 0 spiro atoms. The maximum Gasteiger partial charge on any atom is 0.284 e. The number of likely N-dealkylation sites (tertiary alicyclic amines) is 1. The number of nitrogens with zero attached hydrogens (tertiary/aromatic N) is 9.